The lowest BCUT2D eigenvalue weighted by molar-refractivity contribution is -0.384. The largest absolute Gasteiger partial charge is 0.457 e. The van der Waals surface area contributed by atoms with Gasteiger partial charge in [0.15, 0.2) is 5.78 Å². The summed E-state index contributed by atoms with van der Waals surface area (Å²) in [5.74, 6) is -0.120. The molecule has 2 heterocycles. The predicted octanol–water partition coefficient (Wildman–Crippen LogP) is 7.45. The Morgan fingerprint density at radius 2 is 1.54 bits per heavy atom. The minimum absolute atomic E-state index is 0.0241. The molecule has 6 rings (SSSR count). The standard InChI is InChI=1S/C41H39N5O6/c1-2-23-44-24-26-45(27-25-44)39(30-9-5-3-6-10-30)41(49)43-36-20-15-32(28-35(36)40(48)31-11-7-4-8-12-31)42-38(47)22-19-34-18-21-37(52-34)29-13-16-33(17-14-29)46(50)51/h3-22,28,39H,2,23-27H2,1H3,(H,42,47)(H,43,49)/b22-19+. The number of carbonyl (C=O) groups excluding carboxylic acids is 3. The first-order valence-electron chi connectivity index (χ1n) is 17.2. The van der Waals surface area contributed by atoms with E-state index in [-0.39, 0.29) is 22.9 Å². The van der Waals surface area contributed by atoms with Crippen molar-refractivity contribution in [1.82, 2.24) is 9.80 Å². The molecule has 5 aromatic rings. The normalized spacial score (nSPS) is 14.2. The van der Waals surface area contributed by atoms with Crippen molar-refractivity contribution in [1.29, 1.82) is 0 Å². The highest BCUT2D eigenvalue weighted by molar-refractivity contribution is 6.15. The highest BCUT2D eigenvalue weighted by Crippen LogP contribution is 2.29. The summed E-state index contributed by atoms with van der Waals surface area (Å²) in [6.45, 7) is 6.39. The third-order valence-electron chi connectivity index (χ3n) is 8.89. The van der Waals surface area contributed by atoms with E-state index in [0.717, 1.165) is 44.7 Å². The SMILES string of the molecule is CCCN1CCN(C(C(=O)Nc2ccc(NC(=O)/C=C/c3ccc(-c4ccc([N+](=O)[O-])cc4)o3)cc2C(=O)c2ccccc2)c2ccccc2)CC1. The van der Waals surface area contributed by atoms with Gasteiger partial charge >= 0.3 is 0 Å². The number of non-ortho nitro benzene ring substituents is 1. The van der Waals surface area contributed by atoms with Crippen molar-refractivity contribution in [2.75, 3.05) is 43.4 Å². The molecule has 1 atom stereocenters. The Balaban J connectivity index is 1.21. The molecule has 2 amide bonds. The molecule has 0 saturated carbocycles. The molecule has 0 aliphatic carbocycles. The van der Waals surface area contributed by atoms with Gasteiger partial charge in [-0.3, -0.25) is 29.4 Å². The Labute approximate surface area is 301 Å². The number of hydrogen-bond acceptors (Lipinski definition) is 8. The number of nitrogens with one attached hydrogen (secondary N) is 2. The van der Waals surface area contributed by atoms with Gasteiger partial charge in [0.2, 0.25) is 11.8 Å². The van der Waals surface area contributed by atoms with Crippen molar-refractivity contribution in [3.8, 4) is 11.3 Å². The van der Waals surface area contributed by atoms with Crippen LogP contribution in [0, 0.1) is 10.1 Å². The average Bonchev–Trinajstić information content (AvgIpc) is 3.65. The van der Waals surface area contributed by atoms with Gasteiger partial charge in [-0.15, -0.1) is 0 Å². The fourth-order valence-corrected chi connectivity index (χ4v) is 6.28. The van der Waals surface area contributed by atoms with Crippen molar-refractivity contribution >= 4 is 40.7 Å². The fraction of sp³-hybridized carbons (Fsp3) is 0.195. The lowest BCUT2D eigenvalue weighted by atomic mass is 9.99. The van der Waals surface area contributed by atoms with Crippen LogP contribution in [0.3, 0.4) is 0 Å². The number of amides is 2. The molecule has 2 N–H and O–H groups in total. The summed E-state index contributed by atoms with van der Waals surface area (Å²) < 4.78 is 5.81. The van der Waals surface area contributed by atoms with Crippen LogP contribution in [0.4, 0.5) is 17.1 Å². The number of anilines is 2. The molecule has 11 nitrogen and oxygen atoms in total. The van der Waals surface area contributed by atoms with Gasteiger partial charge in [0.25, 0.3) is 5.69 Å². The van der Waals surface area contributed by atoms with E-state index in [4.69, 9.17) is 4.42 Å². The van der Waals surface area contributed by atoms with Crippen LogP contribution in [-0.2, 0) is 9.59 Å². The Morgan fingerprint density at radius 1 is 0.846 bits per heavy atom. The van der Waals surface area contributed by atoms with Gasteiger partial charge < -0.3 is 20.0 Å². The third-order valence-corrected chi connectivity index (χ3v) is 8.89. The van der Waals surface area contributed by atoms with E-state index in [0.29, 0.717) is 34.0 Å². The number of ketones is 1. The summed E-state index contributed by atoms with van der Waals surface area (Å²) in [5, 5.41) is 16.8. The van der Waals surface area contributed by atoms with E-state index >= 15 is 0 Å². The van der Waals surface area contributed by atoms with E-state index in [1.807, 2.05) is 36.4 Å². The van der Waals surface area contributed by atoms with Gasteiger partial charge in [0, 0.05) is 66.8 Å². The average molecular weight is 698 g/mol. The lowest BCUT2D eigenvalue weighted by Crippen LogP contribution is -2.50. The summed E-state index contributed by atoms with van der Waals surface area (Å²) in [5.41, 5.74) is 2.88. The molecule has 1 saturated heterocycles. The Hall–Kier alpha value is -6.17. The first-order chi connectivity index (χ1) is 25.3. The van der Waals surface area contributed by atoms with Crippen LogP contribution in [0.2, 0.25) is 0 Å². The van der Waals surface area contributed by atoms with Crippen LogP contribution in [0.1, 0.15) is 46.6 Å². The van der Waals surface area contributed by atoms with E-state index < -0.39 is 16.9 Å². The van der Waals surface area contributed by atoms with Crippen LogP contribution >= 0.6 is 0 Å². The highest BCUT2D eigenvalue weighted by atomic mass is 16.6. The lowest BCUT2D eigenvalue weighted by Gasteiger charge is -2.38. The van der Waals surface area contributed by atoms with Gasteiger partial charge in [0.1, 0.15) is 17.6 Å². The van der Waals surface area contributed by atoms with Crippen molar-refractivity contribution in [2.24, 2.45) is 0 Å². The Morgan fingerprint density at radius 3 is 2.21 bits per heavy atom. The van der Waals surface area contributed by atoms with E-state index in [9.17, 15) is 24.5 Å². The molecule has 11 heteroatoms. The summed E-state index contributed by atoms with van der Waals surface area (Å²) in [6, 6.07) is 32.1. The van der Waals surface area contributed by atoms with Crippen LogP contribution in [0.25, 0.3) is 17.4 Å². The smallest absolute Gasteiger partial charge is 0.269 e. The topological polar surface area (TPSA) is 138 Å². The number of piperazine rings is 1. The van der Waals surface area contributed by atoms with Crippen molar-refractivity contribution in [2.45, 2.75) is 19.4 Å². The van der Waals surface area contributed by atoms with Crippen LogP contribution in [-0.4, -0.2) is 65.0 Å². The molecule has 4 aromatic carbocycles. The first-order valence-corrected chi connectivity index (χ1v) is 17.2. The molecule has 1 aliphatic rings. The van der Waals surface area contributed by atoms with Gasteiger partial charge in [-0.2, -0.15) is 0 Å². The fourth-order valence-electron chi connectivity index (χ4n) is 6.28. The van der Waals surface area contributed by atoms with Crippen molar-refractivity contribution in [3.63, 3.8) is 0 Å². The molecule has 0 bridgehead atoms. The third kappa shape index (κ3) is 8.76. The van der Waals surface area contributed by atoms with Crippen molar-refractivity contribution < 1.29 is 23.7 Å². The number of benzene rings is 4. The van der Waals surface area contributed by atoms with Gasteiger partial charge in [-0.1, -0.05) is 67.6 Å². The predicted molar refractivity (Wildman–Crippen MR) is 201 cm³/mol. The monoisotopic (exact) mass is 697 g/mol. The van der Waals surface area contributed by atoms with Gasteiger partial charge in [0.05, 0.1) is 10.6 Å². The second-order valence-electron chi connectivity index (χ2n) is 12.5. The van der Waals surface area contributed by atoms with Gasteiger partial charge in [-0.05, 0) is 67.1 Å². The molecule has 1 unspecified atom stereocenters. The molecular weight excluding hydrogens is 658 g/mol. The molecular formula is C41H39N5O6. The second kappa shape index (κ2) is 16.7. The van der Waals surface area contributed by atoms with E-state index in [1.165, 1.54) is 24.3 Å². The molecule has 1 aliphatic heterocycles. The summed E-state index contributed by atoms with van der Waals surface area (Å²) in [7, 11) is 0. The van der Waals surface area contributed by atoms with Crippen molar-refractivity contribution in [3.05, 3.63) is 154 Å². The first kappa shape index (κ1) is 35.6. The minimum atomic E-state index is -0.559. The Bertz CT molecular complexity index is 2050. The maximum absolute atomic E-state index is 14.2. The molecule has 0 radical (unpaired) electrons. The van der Waals surface area contributed by atoms with E-state index in [1.54, 1.807) is 66.7 Å². The van der Waals surface area contributed by atoms with Crippen LogP contribution in [0.15, 0.2) is 126 Å². The number of furan rings is 1. The number of rotatable bonds is 13. The maximum Gasteiger partial charge on any atom is 0.269 e. The number of nitro groups is 1. The minimum Gasteiger partial charge on any atom is -0.457 e. The molecule has 1 aromatic heterocycles. The zero-order chi connectivity index (χ0) is 36.5. The summed E-state index contributed by atoms with van der Waals surface area (Å²) >= 11 is 0. The second-order valence-corrected chi connectivity index (χ2v) is 12.5. The zero-order valence-corrected chi connectivity index (χ0v) is 28.7. The maximum atomic E-state index is 14.2. The number of carbonyl (C=O) groups is 3. The molecule has 264 valence electrons. The number of nitro benzene ring substituents is 1. The zero-order valence-electron chi connectivity index (χ0n) is 28.7. The summed E-state index contributed by atoms with van der Waals surface area (Å²) in [4.78, 5) is 56.1. The van der Waals surface area contributed by atoms with Crippen LogP contribution in [0.5, 0.6) is 0 Å². The van der Waals surface area contributed by atoms with Crippen LogP contribution < -0.4 is 10.6 Å². The molecule has 52 heavy (non-hydrogen) atoms. The quantitative estimate of drug-likeness (QED) is 0.0560. The Kier molecular flexibility index (Phi) is 11.4. The highest BCUT2D eigenvalue weighted by Gasteiger charge is 2.31. The molecule has 1 fully saturated rings. The van der Waals surface area contributed by atoms with E-state index in [2.05, 4.69) is 27.4 Å². The number of hydrogen-bond donors (Lipinski definition) is 2. The van der Waals surface area contributed by atoms with Gasteiger partial charge in [-0.25, -0.2) is 0 Å². The summed E-state index contributed by atoms with van der Waals surface area (Å²) in [6.07, 6.45) is 3.88. The number of nitrogens with zero attached hydrogens (tertiary/aromatic N) is 3. The molecule has 0 spiro atoms.